The zero-order chi connectivity index (χ0) is 12.7. The summed E-state index contributed by atoms with van der Waals surface area (Å²) >= 11 is 0. The first kappa shape index (κ1) is 13.4. The lowest BCUT2D eigenvalue weighted by atomic mass is 10.1. The predicted octanol–water partition coefficient (Wildman–Crippen LogP) is -1.55. The van der Waals surface area contributed by atoms with E-state index in [1.165, 1.54) is 0 Å². The molecule has 0 aromatic heterocycles. The minimum Gasteiger partial charge on any atom is -0.480 e. The van der Waals surface area contributed by atoms with E-state index in [1.54, 1.807) is 0 Å². The number of aliphatic carboxylic acids is 1. The molecule has 0 radical (unpaired) electrons. The van der Waals surface area contributed by atoms with Crippen LogP contribution in [0.15, 0.2) is 0 Å². The van der Waals surface area contributed by atoms with Gasteiger partial charge in [-0.1, -0.05) is 0 Å². The molecule has 0 aromatic carbocycles. The van der Waals surface area contributed by atoms with Gasteiger partial charge in [0.2, 0.25) is 11.8 Å². The van der Waals surface area contributed by atoms with Crippen LogP contribution in [0.3, 0.4) is 0 Å². The second-order valence-corrected chi connectivity index (χ2v) is 3.94. The van der Waals surface area contributed by atoms with Gasteiger partial charge >= 0.3 is 5.97 Å². The summed E-state index contributed by atoms with van der Waals surface area (Å²) in [5.74, 6) is -1.81. The van der Waals surface area contributed by atoms with E-state index < -0.39 is 18.4 Å². The average Bonchev–Trinajstić information content (AvgIpc) is 2.76. The molecule has 7 heteroatoms. The molecule has 2 amide bonds. The van der Waals surface area contributed by atoms with Gasteiger partial charge in [0.1, 0.15) is 6.54 Å². The fraction of sp³-hybridized carbons (Fsp3) is 0.700. The van der Waals surface area contributed by atoms with Crippen molar-refractivity contribution < 1.29 is 19.5 Å². The van der Waals surface area contributed by atoms with Crippen molar-refractivity contribution in [2.24, 2.45) is 0 Å². The Balaban J connectivity index is 2.10. The summed E-state index contributed by atoms with van der Waals surface area (Å²) in [4.78, 5) is 32.6. The topological polar surface area (TPSA) is 108 Å². The molecule has 0 aliphatic carbocycles. The number of hydrogen-bond donors (Lipinski definition) is 4. The molecule has 1 heterocycles. The first-order chi connectivity index (χ1) is 8.08. The van der Waals surface area contributed by atoms with Crippen molar-refractivity contribution >= 4 is 17.8 Å². The molecule has 1 aliphatic rings. The molecule has 1 saturated heterocycles. The highest BCUT2D eigenvalue weighted by Crippen LogP contribution is 2.07. The van der Waals surface area contributed by atoms with E-state index in [9.17, 15) is 14.4 Å². The molecule has 96 valence electrons. The molecule has 1 fully saturated rings. The quantitative estimate of drug-likeness (QED) is 0.451. The molecule has 0 spiro atoms. The highest BCUT2D eigenvalue weighted by atomic mass is 16.4. The molecule has 4 N–H and O–H groups in total. The molecule has 1 rings (SSSR count). The van der Waals surface area contributed by atoms with E-state index >= 15 is 0 Å². The monoisotopic (exact) mass is 243 g/mol. The Bertz CT molecular complexity index is 300. The molecule has 1 unspecified atom stereocenters. The zero-order valence-corrected chi connectivity index (χ0v) is 9.49. The van der Waals surface area contributed by atoms with Crippen LogP contribution in [0.4, 0.5) is 0 Å². The van der Waals surface area contributed by atoms with Crippen molar-refractivity contribution in [1.29, 1.82) is 0 Å². The van der Waals surface area contributed by atoms with Gasteiger partial charge in [-0.25, -0.2) is 0 Å². The average molecular weight is 243 g/mol. The van der Waals surface area contributed by atoms with Crippen LogP contribution in [0, 0.1) is 0 Å². The number of carbonyl (C=O) groups is 3. The van der Waals surface area contributed by atoms with Crippen LogP contribution in [0.2, 0.25) is 0 Å². The molecule has 7 nitrogen and oxygen atoms in total. The molecule has 0 aromatic rings. The number of amides is 2. The maximum Gasteiger partial charge on any atom is 0.322 e. The fourth-order valence-corrected chi connectivity index (χ4v) is 1.64. The normalized spacial score (nSPS) is 18.7. The highest BCUT2D eigenvalue weighted by molar-refractivity contribution is 5.86. The summed E-state index contributed by atoms with van der Waals surface area (Å²) in [6.07, 6.45) is 2.39. The van der Waals surface area contributed by atoms with Gasteiger partial charge in [0.25, 0.3) is 0 Å². The lowest BCUT2D eigenvalue weighted by Crippen LogP contribution is -2.40. The second kappa shape index (κ2) is 6.85. The van der Waals surface area contributed by atoms with Gasteiger partial charge in [0, 0.05) is 12.5 Å². The fourth-order valence-electron chi connectivity index (χ4n) is 1.64. The summed E-state index contributed by atoms with van der Waals surface area (Å²) in [6.45, 7) is 0.314. The zero-order valence-electron chi connectivity index (χ0n) is 9.49. The van der Waals surface area contributed by atoms with Crippen LogP contribution < -0.4 is 16.0 Å². The van der Waals surface area contributed by atoms with Gasteiger partial charge in [-0.15, -0.1) is 0 Å². The summed E-state index contributed by atoms with van der Waals surface area (Å²) in [5.41, 5.74) is 0. The van der Waals surface area contributed by atoms with E-state index in [0.717, 1.165) is 19.4 Å². The Morgan fingerprint density at radius 3 is 2.47 bits per heavy atom. The van der Waals surface area contributed by atoms with Crippen LogP contribution in [0.25, 0.3) is 0 Å². The lowest BCUT2D eigenvalue weighted by molar-refractivity contribution is -0.137. The third-order valence-corrected chi connectivity index (χ3v) is 2.48. The van der Waals surface area contributed by atoms with Crippen LogP contribution in [-0.2, 0) is 14.4 Å². The standard InChI is InChI=1S/C10H17N3O4/c14-8(4-7-2-1-3-11-7)12-5-9(15)13-6-10(16)17/h7,11H,1-6H2,(H,12,14)(H,13,15)(H,16,17). The minimum atomic E-state index is -1.11. The number of rotatable bonds is 6. The number of carbonyl (C=O) groups excluding carboxylic acids is 2. The van der Waals surface area contributed by atoms with Gasteiger partial charge in [0.15, 0.2) is 0 Å². The number of carboxylic acids is 1. The van der Waals surface area contributed by atoms with Gasteiger partial charge in [-0.05, 0) is 19.4 Å². The number of carboxylic acid groups (broad SMARTS) is 1. The highest BCUT2D eigenvalue weighted by Gasteiger charge is 2.17. The second-order valence-electron chi connectivity index (χ2n) is 3.94. The van der Waals surface area contributed by atoms with Gasteiger partial charge in [0.05, 0.1) is 6.54 Å². The minimum absolute atomic E-state index is 0.182. The van der Waals surface area contributed by atoms with Crippen LogP contribution in [0.1, 0.15) is 19.3 Å². The SMILES string of the molecule is O=C(O)CNC(=O)CNC(=O)CC1CCCN1. The largest absolute Gasteiger partial charge is 0.480 e. The third-order valence-electron chi connectivity index (χ3n) is 2.48. The molecule has 1 atom stereocenters. The van der Waals surface area contributed by atoms with Crippen molar-refractivity contribution in [1.82, 2.24) is 16.0 Å². The van der Waals surface area contributed by atoms with Crippen molar-refractivity contribution in [3.8, 4) is 0 Å². The summed E-state index contributed by atoms with van der Waals surface area (Å²) in [6, 6.07) is 0.192. The number of nitrogens with one attached hydrogen (secondary N) is 3. The third kappa shape index (κ3) is 5.86. The van der Waals surface area contributed by atoms with E-state index in [1.807, 2.05) is 0 Å². The van der Waals surface area contributed by atoms with E-state index in [2.05, 4.69) is 16.0 Å². The van der Waals surface area contributed by atoms with E-state index in [4.69, 9.17) is 5.11 Å². The Morgan fingerprint density at radius 1 is 1.18 bits per heavy atom. The first-order valence-corrected chi connectivity index (χ1v) is 5.56. The van der Waals surface area contributed by atoms with Crippen molar-refractivity contribution in [2.45, 2.75) is 25.3 Å². The van der Waals surface area contributed by atoms with Crippen LogP contribution in [-0.4, -0.2) is 48.6 Å². The molecule has 1 aliphatic heterocycles. The maximum absolute atomic E-state index is 11.4. The summed E-state index contributed by atoms with van der Waals surface area (Å²) in [7, 11) is 0. The smallest absolute Gasteiger partial charge is 0.322 e. The van der Waals surface area contributed by atoms with E-state index in [-0.39, 0.29) is 18.5 Å². The lowest BCUT2D eigenvalue weighted by Gasteiger charge is -2.10. The van der Waals surface area contributed by atoms with Crippen molar-refractivity contribution in [2.75, 3.05) is 19.6 Å². The van der Waals surface area contributed by atoms with Gasteiger partial charge < -0.3 is 21.1 Å². The van der Waals surface area contributed by atoms with Crippen LogP contribution in [0.5, 0.6) is 0 Å². The Labute approximate surface area is 98.9 Å². The Morgan fingerprint density at radius 2 is 1.88 bits per heavy atom. The maximum atomic E-state index is 11.4. The van der Waals surface area contributed by atoms with E-state index in [0.29, 0.717) is 6.42 Å². The summed E-state index contributed by atoms with van der Waals surface area (Å²) < 4.78 is 0. The van der Waals surface area contributed by atoms with Crippen LogP contribution >= 0.6 is 0 Å². The Kier molecular flexibility index (Phi) is 5.41. The Hall–Kier alpha value is -1.63. The van der Waals surface area contributed by atoms with Crippen molar-refractivity contribution in [3.63, 3.8) is 0 Å². The first-order valence-electron chi connectivity index (χ1n) is 5.56. The molecular formula is C10H17N3O4. The molecular weight excluding hydrogens is 226 g/mol. The van der Waals surface area contributed by atoms with Gasteiger partial charge in [-0.2, -0.15) is 0 Å². The van der Waals surface area contributed by atoms with Crippen molar-refractivity contribution in [3.05, 3.63) is 0 Å². The molecule has 17 heavy (non-hydrogen) atoms. The summed E-state index contributed by atoms with van der Waals surface area (Å²) in [5, 5.41) is 16.1. The molecule has 0 bridgehead atoms. The molecule has 0 saturated carbocycles. The van der Waals surface area contributed by atoms with Gasteiger partial charge in [-0.3, -0.25) is 14.4 Å². The number of hydrogen-bond acceptors (Lipinski definition) is 4. The predicted molar refractivity (Wildman–Crippen MR) is 59.3 cm³/mol.